The number of aryl methyl sites for hydroxylation is 1. The normalized spacial score (nSPS) is 16.9. The number of nitrogens with two attached hydrogens (primary N) is 1. The van der Waals surface area contributed by atoms with Crippen LogP contribution in [0.5, 0.6) is 5.75 Å². The lowest BCUT2D eigenvalue weighted by molar-refractivity contribution is -0.121. The number of carbonyl (C=O) groups is 2. The fourth-order valence-corrected chi connectivity index (χ4v) is 3.31. The highest BCUT2D eigenvalue weighted by Gasteiger charge is 2.31. The van der Waals surface area contributed by atoms with Gasteiger partial charge in [-0.3, -0.25) is 9.59 Å². The summed E-state index contributed by atoms with van der Waals surface area (Å²) in [5.41, 5.74) is 8.29. The minimum Gasteiger partial charge on any atom is -0.496 e. The Bertz CT molecular complexity index is 868. The van der Waals surface area contributed by atoms with Crippen LogP contribution < -0.4 is 20.7 Å². The van der Waals surface area contributed by atoms with Gasteiger partial charge in [0.25, 0.3) is 5.91 Å². The van der Waals surface area contributed by atoms with Gasteiger partial charge in [-0.25, -0.2) is 0 Å². The van der Waals surface area contributed by atoms with Crippen molar-refractivity contribution in [3.63, 3.8) is 0 Å². The zero-order chi connectivity index (χ0) is 19.6. The van der Waals surface area contributed by atoms with E-state index in [1.165, 1.54) is 19.2 Å². The van der Waals surface area contributed by atoms with Gasteiger partial charge in [-0.1, -0.05) is 29.3 Å². The van der Waals surface area contributed by atoms with Crippen LogP contribution in [-0.4, -0.2) is 31.5 Å². The molecule has 1 heterocycles. The third kappa shape index (κ3) is 4.01. The van der Waals surface area contributed by atoms with Crippen molar-refractivity contribution in [1.82, 2.24) is 5.32 Å². The summed E-state index contributed by atoms with van der Waals surface area (Å²) in [4.78, 5) is 27.3. The van der Waals surface area contributed by atoms with Crippen molar-refractivity contribution in [2.45, 2.75) is 25.8 Å². The van der Waals surface area contributed by atoms with Gasteiger partial charge < -0.3 is 20.7 Å². The van der Waals surface area contributed by atoms with Crippen LogP contribution in [0, 0.1) is 6.92 Å². The summed E-state index contributed by atoms with van der Waals surface area (Å²) < 4.78 is 5.23. The third-order valence-corrected chi connectivity index (χ3v) is 4.98. The van der Waals surface area contributed by atoms with E-state index >= 15 is 0 Å². The molecule has 2 aromatic carbocycles. The number of hydrogen-bond donors (Lipinski definition) is 2. The Hall–Kier alpha value is -2.73. The maximum absolute atomic E-state index is 12.9. The molecule has 2 aromatic rings. The van der Waals surface area contributed by atoms with Gasteiger partial charge in [0.05, 0.1) is 23.4 Å². The number of nitrogens with zero attached hydrogens (tertiary/aromatic N) is 1. The average Bonchev–Trinajstić information content (AvgIpc) is 2.66. The number of halogens is 1. The molecule has 0 radical (unpaired) electrons. The van der Waals surface area contributed by atoms with E-state index in [-0.39, 0.29) is 16.5 Å². The zero-order valence-corrected chi connectivity index (χ0v) is 16.0. The SMILES string of the molecule is COc1cc(N)c(Cl)cc1C(=O)NC1CCCN(c2ccc(C)cc2)C1=O. The first-order valence-corrected chi connectivity index (χ1v) is 9.10. The second kappa shape index (κ2) is 7.88. The highest BCUT2D eigenvalue weighted by atomic mass is 35.5. The first kappa shape index (κ1) is 19.0. The van der Waals surface area contributed by atoms with Crippen LogP contribution in [0.15, 0.2) is 36.4 Å². The van der Waals surface area contributed by atoms with E-state index in [0.29, 0.717) is 24.4 Å². The van der Waals surface area contributed by atoms with E-state index in [4.69, 9.17) is 22.1 Å². The average molecular weight is 388 g/mol. The molecule has 1 fully saturated rings. The topological polar surface area (TPSA) is 84.7 Å². The van der Waals surface area contributed by atoms with E-state index in [0.717, 1.165) is 17.7 Å². The Balaban J connectivity index is 1.79. The number of benzene rings is 2. The Morgan fingerprint density at radius 1 is 1.30 bits per heavy atom. The van der Waals surface area contributed by atoms with Crippen LogP contribution in [-0.2, 0) is 4.79 Å². The monoisotopic (exact) mass is 387 g/mol. The molecule has 0 aromatic heterocycles. The third-order valence-electron chi connectivity index (χ3n) is 4.65. The number of hydrogen-bond acceptors (Lipinski definition) is 4. The second-order valence-corrected chi connectivity index (χ2v) is 6.97. The van der Waals surface area contributed by atoms with E-state index in [2.05, 4.69) is 5.32 Å². The Kier molecular flexibility index (Phi) is 5.56. The zero-order valence-electron chi connectivity index (χ0n) is 15.3. The molecule has 0 aliphatic carbocycles. The van der Waals surface area contributed by atoms with Gasteiger partial charge in [0, 0.05) is 18.3 Å². The predicted octanol–water partition coefficient (Wildman–Crippen LogP) is 3.16. The Morgan fingerprint density at radius 2 is 2.00 bits per heavy atom. The summed E-state index contributed by atoms with van der Waals surface area (Å²) in [6, 6.07) is 10.1. The van der Waals surface area contributed by atoms with Crippen LogP contribution in [0.4, 0.5) is 11.4 Å². The summed E-state index contributed by atoms with van der Waals surface area (Å²) in [6.45, 7) is 2.63. The molecule has 3 N–H and O–H groups in total. The molecule has 27 heavy (non-hydrogen) atoms. The maximum atomic E-state index is 12.9. The first-order valence-electron chi connectivity index (χ1n) is 8.72. The maximum Gasteiger partial charge on any atom is 0.255 e. The first-order chi connectivity index (χ1) is 12.9. The molecule has 2 amide bonds. The van der Waals surface area contributed by atoms with Crippen molar-refractivity contribution >= 4 is 34.8 Å². The highest BCUT2D eigenvalue weighted by molar-refractivity contribution is 6.33. The molecule has 1 aliphatic heterocycles. The molecule has 1 atom stereocenters. The molecular formula is C20H22ClN3O3. The van der Waals surface area contributed by atoms with Gasteiger partial charge in [0.2, 0.25) is 5.91 Å². The molecule has 0 bridgehead atoms. The molecule has 6 nitrogen and oxygen atoms in total. The summed E-state index contributed by atoms with van der Waals surface area (Å²) >= 11 is 6.04. The lowest BCUT2D eigenvalue weighted by Crippen LogP contribution is -2.52. The fraction of sp³-hybridized carbons (Fsp3) is 0.300. The number of carbonyl (C=O) groups excluding carboxylic acids is 2. The van der Waals surface area contributed by atoms with Crippen molar-refractivity contribution in [3.8, 4) is 5.75 Å². The van der Waals surface area contributed by atoms with E-state index in [1.54, 1.807) is 4.90 Å². The summed E-state index contributed by atoms with van der Waals surface area (Å²) in [7, 11) is 1.45. The van der Waals surface area contributed by atoms with Crippen molar-refractivity contribution < 1.29 is 14.3 Å². The van der Waals surface area contributed by atoms with Gasteiger partial charge >= 0.3 is 0 Å². The lowest BCUT2D eigenvalue weighted by Gasteiger charge is -2.32. The largest absolute Gasteiger partial charge is 0.496 e. The molecule has 7 heteroatoms. The van der Waals surface area contributed by atoms with Crippen LogP contribution in [0.1, 0.15) is 28.8 Å². The van der Waals surface area contributed by atoms with Gasteiger partial charge in [-0.2, -0.15) is 0 Å². The molecule has 0 saturated carbocycles. The number of anilines is 2. The van der Waals surface area contributed by atoms with E-state index < -0.39 is 11.9 Å². The molecule has 0 spiro atoms. The van der Waals surface area contributed by atoms with Gasteiger partial charge in [-0.05, 0) is 38.0 Å². The molecule has 1 aliphatic rings. The van der Waals surface area contributed by atoms with Gasteiger partial charge in [-0.15, -0.1) is 0 Å². The molecule has 1 saturated heterocycles. The van der Waals surface area contributed by atoms with Crippen LogP contribution >= 0.6 is 11.6 Å². The smallest absolute Gasteiger partial charge is 0.255 e. The number of ether oxygens (including phenoxy) is 1. The van der Waals surface area contributed by atoms with Crippen molar-refractivity contribution in [2.24, 2.45) is 0 Å². The predicted molar refractivity (Wildman–Crippen MR) is 106 cm³/mol. The number of nitrogen functional groups attached to an aromatic ring is 1. The Morgan fingerprint density at radius 3 is 2.67 bits per heavy atom. The standard InChI is InChI=1S/C20H22ClN3O3/c1-12-5-7-13(8-6-12)24-9-3-4-17(20(24)26)23-19(25)14-10-15(21)16(22)11-18(14)27-2/h5-8,10-11,17H,3-4,9,22H2,1-2H3,(H,23,25). The number of nitrogens with one attached hydrogen (secondary N) is 1. The minimum atomic E-state index is -0.603. The molecule has 3 rings (SSSR count). The van der Waals surface area contributed by atoms with Crippen LogP contribution in [0.2, 0.25) is 5.02 Å². The van der Waals surface area contributed by atoms with Crippen molar-refractivity contribution in [2.75, 3.05) is 24.3 Å². The van der Waals surface area contributed by atoms with Crippen molar-refractivity contribution in [3.05, 3.63) is 52.5 Å². The van der Waals surface area contributed by atoms with Crippen LogP contribution in [0.3, 0.4) is 0 Å². The fourth-order valence-electron chi connectivity index (χ4n) is 3.14. The molecule has 142 valence electrons. The lowest BCUT2D eigenvalue weighted by atomic mass is 10.0. The van der Waals surface area contributed by atoms with Crippen LogP contribution in [0.25, 0.3) is 0 Å². The number of methoxy groups -OCH3 is 1. The summed E-state index contributed by atoms with van der Waals surface area (Å²) in [6.07, 6.45) is 1.38. The van der Waals surface area contributed by atoms with Crippen molar-refractivity contribution in [1.29, 1.82) is 0 Å². The second-order valence-electron chi connectivity index (χ2n) is 6.57. The highest BCUT2D eigenvalue weighted by Crippen LogP contribution is 2.29. The Labute approximate surface area is 163 Å². The number of rotatable bonds is 4. The minimum absolute atomic E-state index is 0.126. The van der Waals surface area contributed by atoms with E-state index in [1.807, 2.05) is 31.2 Å². The summed E-state index contributed by atoms with van der Waals surface area (Å²) in [5, 5.41) is 3.07. The number of piperidine rings is 1. The molecular weight excluding hydrogens is 366 g/mol. The van der Waals surface area contributed by atoms with E-state index in [9.17, 15) is 9.59 Å². The number of amides is 2. The molecule has 1 unspecified atom stereocenters. The quantitative estimate of drug-likeness (QED) is 0.789. The van der Waals surface area contributed by atoms with Gasteiger partial charge in [0.1, 0.15) is 11.8 Å². The summed E-state index contributed by atoms with van der Waals surface area (Å²) in [5.74, 6) is -0.232. The van der Waals surface area contributed by atoms with Gasteiger partial charge in [0.15, 0.2) is 0 Å².